The molecule has 0 saturated carbocycles. The molecule has 25 heavy (non-hydrogen) atoms. The third-order valence-electron chi connectivity index (χ3n) is 5.06. The molecule has 1 atom stereocenters. The molecule has 0 bridgehead atoms. The normalized spacial score (nSPS) is 19.6. The average molecular weight is 340 g/mol. The quantitative estimate of drug-likeness (QED) is 0.837. The molecule has 0 radical (unpaired) electrons. The van der Waals surface area contributed by atoms with Crippen LogP contribution in [0.3, 0.4) is 0 Å². The number of ether oxygens (including phenoxy) is 1. The van der Waals surface area contributed by atoms with Gasteiger partial charge in [0.2, 0.25) is 0 Å². The second-order valence-electron chi connectivity index (χ2n) is 6.91. The minimum Gasteiger partial charge on any atom is -0.467 e. The number of amides is 1. The van der Waals surface area contributed by atoms with Gasteiger partial charge >= 0.3 is 0 Å². The van der Waals surface area contributed by atoms with Crippen molar-refractivity contribution in [3.63, 3.8) is 0 Å². The fraction of sp³-hybridized carbons (Fsp3) is 0.500. The largest absolute Gasteiger partial charge is 0.467 e. The SMILES string of the molecule is O=C(c1ccc2c(n1)CCCC2)N(Cc1ccco1)CC1CCCO1. The van der Waals surface area contributed by atoms with E-state index in [0.717, 1.165) is 50.2 Å². The zero-order valence-electron chi connectivity index (χ0n) is 14.4. The van der Waals surface area contributed by atoms with E-state index in [9.17, 15) is 4.79 Å². The van der Waals surface area contributed by atoms with Gasteiger partial charge in [0.1, 0.15) is 11.5 Å². The van der Waals surface area contributed by atoms with Gasteiger partial charge in [-0.05, 0) is 62.3 Å². The summed E-state index contributed by atoms with van der Waals surface area (Å²) in [7, 11) is 0. The Labute approximate surface area is 148 Å². The van der Waals surface area contributed by atoms with E-state index < -0.39 is 0 Å². The number of hydrogen-bond acceptors (Lipinski definition) is 4. The second-order valence-corrected chi connectivity index (χ2v) is 6.91. The van der Waals surface area contributed by atoms with Crippen LogP contribution in [0.5, 0.6) is 0 Å². The van der Waals surface area contributed by atoms with E-state index in [1.165, 1.54) is 12.0 Å². The average Bonchev–Trinajstić information content (AvgIpc) is 3.34. The first-order chi connectivity index (χ1) is 12.3. The van der Waals surface area contributed by atoms with E-state index in [0.29, 0.717) is 18.8 Å². The van der Waals surface area contributed by atoms with Crippen LogP contribution in [0.15, 0.2) is 34.9 Å². The Morgan fingerprint density at radius 3 is 2.92 bits per heavy atom. The van der Waals surface area contributed by atoms with Gasteiger partial charge in [-0.1, -0.05) is 6.07 Å². The molecule has 3 heterocycles. The maximum Gasteiger partial charge on any atom is 0.272 e. The number of furan rings is 1. The second kappa shape index (κ2) is 7.40. The number of fused-ring (bicyclic) bond motifs is 1. The smallest absolute Gasteiger partial charge is 0.272 e. The Morgan fingerprint density at radius 2 is 2.12 bits per heavy atom. The zero-order valence-corrected chi connectivity index (χ0v) is 14.4. The summed E-state index contributed by atoms with van der Waals surface area (Å²) < 4.78 is 11.2. The van der Waals surface area contributed by atoms with Crippen LogP contribution in [-0.2, 0) is 24.1 Å². The highest BCUT2D eigenvalue weighted by Gasteiger charge is 2.25. The predicted octanol–water partition coefficient (Wildman–Crippen LogP) is 3.37. The summed E-state index contributed by atoms with van der Waals surface area (Å²) in [4.78, 5) is 19.6. The summed E-state index contributed by atoms with van der Waals surface area (Å²) in [5.41, 5.74) is 2.91. The van der Waals surface area contributed by atoms with Gasteiger partial charge in [0.15, 0.2) is 0 Å². The minimum absolute atomic E-state index is 0.0414. The third kappa shape index (κ3) is 3.76. The number of aryl methyl sites for hydroxylation is 2. The van der Waals surface area contributed by atoms with Crippen molar-refractivity contribution in [2.45, 2.75) is 51.2 Å². The topological polar surface area (TPSA) is 55.6 Å². The van der Waals surface area contributed by atoms with Gasteiger partial charge in [-0.2, -0.15) is 0 Å². The first-order valence-electron chi connectivity index (χ1n) is 9.21. The molecule has 0 N–H and O–H groups in total. The molecule has 2 aromatic heterocycles. The number of carbonyl (C=O) groups is 1. The lowest BCUT2D eigenvalue weighted by molar-refractivity contribution is 0.0487. The Hall–Kier alpha value is -2.14. The molecule has 1 aliphatic heterocycles. The molecule has 1 amide bonds. The molecule has 0 aromatic carbocycles. The lowest BCUT2D eigenvalue weighted by Gasteiger charge is -2.25. The third-order valence-corrected chi connectivity index (χ3v) is 5.06. The molecule has 1 fully saturated rings. The zero-order chi connectivity index (χ0) is 17.1. The van der Waals surface area contributed by atoms with Gasteiger partial charge in [-0.25, -0.2) is 4.98 Å². The summed E-state index contributed by atoms with van der Waals surface area (Å²) in [5, 5.41) is 0. The van der Waals surface area contributed by atoms with Crippen molar-refractivity contribution in [2.75, 3.05) is 13.2 Å². The van der Waals surface area contributed by atoms with Crippen LogP contribution in [0, 0.1) is 0 Å². The number of pyridine rings is 1. The van der Waals surface area contributed by atoms with E-state index in [4.69, 9.17) is 9.15 Å². The fourth-order valence-corrected chi connectivity index (χ4v) is 3.71. The maximum atomic E-state index is 13.1. The van der Waals surface area contributed by atoms with E-state index >= 15 is 0 Å². The summed E-state index contributed by atoms with van der Waals surface area (Å²) in [6.07, 6.45) is 8.22. The summed E-state index contributed by atoms with van der Waals surface area (Å²) in [6.45, 7) is 1.81. The molecule has 5 nitrogen and oxygen atoms in total. The van der Waals surface area contributed by atoms with E-state index in [1.807, 2.05) is 23.1 Å². The lowest BCUT2D eigenvalue weighted by atomic mass is 9.96. The van der Waals surface area contributed by atoms with Crippen LogP contribution in [0.25, 0.3) is 0 Å². The highest BCUT2D eigenvalue weighted by Crippen LogP contribution is 2.21. The molecule has 1 saturated heterocycles. The Kier molecular flexibility index (Phi) is 4.83. The predicted molar refractivity (Wildman–Crippen MR) is 93.3 cm³/mol. The minimum atomic E-state index is -0.0414. The van der Waals surface area contributed by atoms with Crippen molar-refractivity contribution in [3.05, 3.63) is 53.2 Å². The summed E-state index contributed by atoms with van der Waals surface area (Å²) >= 11 is 0. The standard InChI is InChI=1S/C20H24N2O3/c23-20(19-10-9-15-5-1-2-8-18(15)21-19)22(13-16-6-3-11-24-16)14-17-7-4-12-25-17/h3,6,9-11,17H,1-2,4-5,7-8,12-14H2. The van der Waals surface area contributed by atoms with Crippen LogP contribution in [-0.4, -0.2) is 35.0 Å². The van der Waals surface area contributed by atoms with Crippen molar-refractivity contribution in [1.82, 2.24) is 9.88 Å². The Morgan fingerprint density at radius 1 is 1.20 bits per heavy atom. The van der Waals surface area contributed by atoms with E-state index in [1.54, 1.807) is 6.26 Å². The van der Waals surface area contributed by atoms with Crippen LogP contribution in [0.4, 0.5) is 0 Å². The number of aromatic nitrogens is 1. The van der Waals surface area contributed by atoms with Crippen molar-refractivity contribution in [2.24, 2.45) is 0 Å². The first kappa shape index (κ1) is 16.3. The lowest BCUT2D eigenvalue weighted by Crippen LogP contribution is -2.37. The van der Waals surface area contributed by atoms with Crippen LogP contribution in [0.1, 0.15) is 53.2 Å². The molecular formula is C20H24N2O3. The number of rotatable bonds is 5. The fourth-order valence-electron chi connectivity index (χ4n) is 3.71. The van der Waals surface area contributed by atoms with Gasteiger partial charge in [-0.15, -0.1) is 0 Å². The molecule has 4 rings (SSSR count). The first-order valence-corrected chi connectivity index (χ1v) is 9.21. The number of carbonyl (C=O) groups excluding carboxylic acids is 1. The van der Waals surface area contributed by atoms with Crippen LogP contribution in [0.2, 0.25) is 0 Å². The van der Waals surface area contributed by atoms with Gasteiger partial charge < -0.3 is 14.1 Å². The van der Waals surface area contributed by atoms with Crippen molar-refractivity contribution in [3.8, 4) is 0 Å². The maximum absolute atomic E-state index is 13.1. The van der Waals surface area contributed by atoms with Gasteiger partial charge in [0.25, 0.3) is 5.91 Å². The van der Waals surface area contributed by atoms with Crippen LogP contribution < -0.4 is 0 Å². The van der Waals surface area contributed by atoms with E-state index in [-0.39, 0.29) is 12.0 Å². The van der Waals surface area contributed by atoms with Gasteiger partial charge in [0, 0.05) is 18.8 Å². The highest BCUT2D eigenvalue weighted by molar-refractivity contribution is 5.92. The molecule has 2 aromatic rings. The molecule has 0 spiro atoms. The molecule has 2 aliphatic rings. The Balaban J connectivity index is 1.55. The molecule has 1 unspecified atom stereocenters. The molecule has 1 aliphatic carbocycles. The van der Waals surface area contributed by atoms with Gasteiger partial charge in [0.05, 0.1) is 18.9 Å². The van der Waals surface area contributed by atoms with Crippen molar-refractivity contribution >= 4 is 5.91 Å². The molecule has 132 valence electrons. The van der Waals surface area contributed by atoms with Crippen LogP contribution >= 0.6 is 0 Å². The van der Waals surface area contributed by atoms with E-state index in [2.05, 4.69) is 11.1 Å². The summed E-state index contributed by atoms with van der Waals surface area (Å²) in [5.74, 6) is 0.740. The number of hydrogen-bond donors (Lipinski definition) is 0. The highest BCUT2D eigenvalue weighted by atomic mass is 16.5. The monoisotopic (exact) mass is 340 g/mol. The number of nitrogens with zero attached hydrogens (tertiary/aromatic N) is 2. The van der Waals surface area contributed by atoms with Crippen molar-refractivity contribution < 1.29 is 13.9 Å². The molecular weight excluding hydrogens is 316 g/mol. The molecule has 5 heteroatoms. The van der Waals surface area contributed by atoms with Gasteiger partial charge in [-0.3, -0.25) is 4.79 Å². The Bertz CT molecular complexity index is 721. The van der Waals surface area contributed by atoms with Crippen molar-refractivity contribution in [1.29, 1.82) is 0 Å². The summed E-state index contributed by atoms with van der Waals surface area (Å²) in [6, 6.07) is 7.69.